The first-order valence-corrected chi connectivity index (χ1v) is 11.1. The number of aromatic amines is 1. The summed E-state index contributed by atoms with van der Waals surface area (Å²) < 4.78 is 5.91. The molecule has 2 aliphatic rings. The Labute approximate surface area is 180 Å². The van der Waals surface area contributed by atoms with Crippen LogP contribution in [0.5, 0.6) is 0 Å². The number of imidazole rings is 1. The predicted molar refractivity (Wildman–Crippen MR) is 119 cm³/mol. The third-order valence-corrected chi connectivity index (χ3v) is 6.66. The summed E-state index contributed by atoms with van der Waals surface area (Å²) in [5, 5.41) is 0. The van der Waals surface area contributed by atoms with E-state index in [0.717, 1.165) is 73.3 Å². The first-order valence-electron chi connectivity index (χ1n) is 11.1. The lowest BCUT2D eigenvalue weighted by Crippen LogP contribution is -2.42. The highest BCUT2D eigenvalue weighted by Crippen LogP contribution is 2.35. The van der Waals surface area contributed by atoms with Gasteiger partial charge < -0.3 is 19.2 Å². The summed E-state index contributed by atoms with van der Waals surface area (Å²) in [7, 11) is 0. The number of para-hydroxylation sites is 4. The first kappa shape index (κ1) is 18.4. The fourth-order valence-electron chi connectivity index (χ4n) is 4.99. The zero-order valence-corrected chi connectivity index (χ0v) is 17.3. The van der Waals surface area contributed by atoms with Crippen LogP contribution < -0.4 is 4.90 Å². The minimum absolute atomic E-state index is 0.0469. The van der Waals surface area contributed by atoms with Gasteiger partial charge in [-0.05, 0) is 49.9 Å². The molecule has 0 radical (unpaired) electrons. The summed E-state index contributed by atoms with van der Waals surface area (Å²) in [6.45, 7) is 2.38. The quantitative estimate of drug-likeness (QED) is 0.540. The smallest absolute Gasteiger partial charge is 0.298 e. The van der Waals surface area contributed by atoms with E-state index in [2.05, 4.69) is 19.8 Å². The maximum absolute atomic E-state index is 13.4. The van der Waals surface area contributed by atoms with Gasteiger partial charge >= 0.3 is 0 Å². The Morgan fingerprint density at radius 1 is 0.935 bits per heavy atom. The number of aromatic nitrogens is 3. The topological polar surface area (TPSA) is 78.3 Å². The standard InChI is InChI=1S/C24H25N5O2/c30-23(29-13-5-9-20(29)22-25-17-6-1-2-7-18(17)26-22)16-11-14-28(15-12-16)24-27-19-8-3-4-10-21(19)31-24/h1-4,6-8,10,16,20H,5,9,11-15H2,(H,25,26). The molecule has 7 nitrogen and oxygen atoms in total. The van der Waals surface area contributed by atoms with Gasteiger partial charge in [-0.3, -0.25) is 4.79 Å². The van der Waals surface area contributed by atoms with Gasteiger partial charge in [-0.15, -0.1) is 0 Å². The second-order valence-electron chi connectivity index (χ2n) is 8.55. The van der Waals surface area contributed by atoms with Gasteiger partial charge in [0.1, 0.15) is 11.3 Å². The van der Waals surface area contributed by atoms with Gasteiger partial charge in [0.25, 0.3) is 6.01 Å². The number of benzene rings is 2. The lowest BCUT2D eigenvalue weighted by atomic mass is 9.95. The lowest BCUT2D eigenvalue weighted by Gasteiger charge is -2.33. The number of hydrogen-bond acceptors (Lipinski definition) is 5. The fourth-order valence-corrected chi connectivity index (χ4v) is 4.99. The summed E-state index contributed by atoms with van der Waals surface area (Å²) in [4.78, 5) is 30.4. The molecule has 0 saturated carbocycles. The Morgan fingerprint density at radius 2 is 1.71 bits per heavy atom. The maximum atomic E-state index is 13.4. The Bertz CT molecular complexity index is 1170. The molecular weight excluding hydrogens is 390 g/mol. The third kappa shape index (κ3) is 3.24. The molecule has 31 heavy (non-hydrogen) atoms. The van der Waals surface area contributed by atoms with Crippen LogP contribution in [-0.4, -0.2) is 45.4 Å². The molecule has 2 fully saturated rings. The number of piperidine rings is 1. The van der Waals surface area contributed by atoms with Crippen LogP contribution in [0.2, 0.25) is 0 Å². The van der Waals surface area contributed by atoms with Gasteiger partial charge in [-0.1, -0.05) is 24.3 Å². The van der Waals surface area contributed by atoms with Gasteiger partial charge in [-0.2, -0.15) is 4.98 Å². The number of H-pyrrole nitrogens is 1. The second-order valence-corrected chi connectivity index (χ2v) is 8.55. The Morgan fingerprint density at radius 3 is 2.52 bits per heavy atom. The monoisotopic (exact) mass is 415 g/mol. The number of carbonyl (C=O) groups is 1. The van der Waals surface area contributed by atoms with Crippen molar-refractivity contribution in [2.24, 2.45) is 5.92 Å². The lowest BCUT2D eigenvalue weighted by molar-refractivity contribution is -0.137. The minimum atomic E-state index is 0.0469. The molecule has 4 heterocycles. The molecule has 1 unspecified atom stereocenters. The van der Waals surface area contributed by atoms with Crippen LogP contribution in [0.3, 0.4) is 0 Å². The van der Waals surface area contributed by atoms with Crippen LogP contribution >= 0.6 is 0 Å². The number of rotatable bonds is 3. The number of likely N-dealkylation sites (tertiary alicyclic amines) is 1. The van der Waals surface area contributed by atoms with Crippen molar-refractivity contribution < 1.29 is 9.21 Å². The molecule has 2 aromatic heterocycles. The number of oxazole rings is 1. The largest absolute Gasteiger partial charge is 0.423 e. The van der Waals surface area contributed by atoms with E-state index in [4.69, 9.17) is 9.40 Å². The van der Waals surface area contributed by atoms with Crippen LogP contribution in [0.15, 0.2) is 52.9 Å². The second kappa shape index (κ2) is 7.41. The van der Waals surface area contributed by atoms with Crippen molar-refractivity contribution >= 4 is 34.1 Å². The summed E-state index contributed by atoms with van der Waals surface area (Å²) >= 11 is 0. The molecule has 6 rings (SSSR count). The number of fused-ring (bicyclic) bond motifs is 2. The molecule has 2 saturated heterocycles. The van der Waals surface area contributed by atoms with Gasteiger partial charge in [0.05, 0.1) is 17.1 Å². The van der Waals surface area contributed by atoms with E-state index in [1.165, 1.54) is 0 Å². The third-order valence-electron chi connectivity index (χ3n) is 6.66. The number of nitrogens with zero attached hydrogens (tertiary/aromatic N) is 4. The van der Waals surface area contributed by atoms with E-state index in [1.807, 2.05) is 48.5 Å². The molecule has 1 N–H and O–H groups in total. The van der Waals surface area contributed by atoms with Gasteiger partial charge in [0, 0.05) is 25.6 Å². The van der Waals surface area contributed by atoms with Gasteiger partial charge in [0.2, 0.25) is 5.91 Å². The van der Waals surface area contributed by atoms with Crippen LogP contribution in [0.1, 0.15) is 37.5 Å². The first-order chi connectivity index (χ1) is 15.3. The van der Waals surface area contributed by atoms with Crippen molar-refractivity contribution in [3.63, 3.8) is 0 Å². The summed E-state index contributed by atoms with van der Waals surface area (Å²) in [5.74, 6) is 1.22. The summed E-state index contributed by atoms with van der Waals surface area (Å²) in [5.41, 5.74) is 3.68. The molecule has 2 aromatic carbocycles. The molecule has 7 heteroatoms. The number of anilines is 1. The van der Waals surface area contributed by atoms with E-state index in [1.54, 1.807) is 0 Å². The highest BCUT2D eigenvalue weighted by molar-refractivity contribution is 5.80. The van der Waals surface area contributed by atoms with Gasteiger partial charge in [-0.25, -0.2) is 4.98 Å². The Balaban J connectivity index is 1.15. The highest BCUT2D eigenvalue weighted by atomic mass is 16.4. The van der Waals surface area contributed by atoms with Crippen molar-refractivity contribution in [3.8, 4) is 0 Å². The van der Waals surface area contributed by atoms with E-state index < -0.39 is 0 Å². The molecule has 2 aliphatic heterocycles. The van der Waals surface area contributed by atoms with Crippen molar-refractivity contribution in [1.82, 2.24) is 19.9 Å². The Kier molecular flexibility index (Phi) is 4.40. The zero-order valence-electron chi connectivity index (χ0n) is 17.3. The molecular formula is C24H25N5O2. The van der Waals surface area contributed by atoms with Crippen LogP contribution in [-0.2, 0) is 4.79 Å². The molecule has 1 amide bonds. The van der Waals surface area contributed by atoms with Crippen molar-refractivity contribution in [2.75, 3.05) is 24.5 Å². The van der Waals surface area contributed by atoms with Crippen LogP contribution in [0, 0.1) is 5.92 Å². The fraction of sp³-hybridized carbons (Fsp3) is 0.375. The number of hydrogen-bond donors (Lipinski definition) is 1. The average molecular weight is 415 g/mol. The van der Waals surface area contributed by atoms with Crippen LogP contribution in [0.4, 0.5) is 6.01 Å². The highest BCUT2D eigenvalue weighted by Gasteiger charge is 2.37. The average Bonchev–Trinajstić information content (AvgIpc) is 3.55. The van der Waals surface area contributed by atoms with Crippen molar-refractivity contribution in [3.05, 3.63) is 54.4 Å². The molecule has 4 aromatic rings. The van der Waals surface area contributed by atoms with Crippen molar-refractivity contribution in [1.29, 1.82) is 0 Å². The molecule has 0 aliphatic carbocycles. The zero-order chi connectivity index (χ0) is 20.8. The van der Waals surface area contributed by atoms with Crippen molar-refractivity contribution in [2.45, 2.75) is 31.7 Å². The molecule has 0 bridgehead atoms. The van der Waals surface area contributed by atoms with E-state index in [-0.39, 0.29) is 17.9 Å². The minimum Gasteiger partial charge on any atom is -0.423 e. The molecule has 1 atom stereocenters. The number of carbonyl (C=O) groups excluding carboxylic acids is 1. The number of amides is 1. The summed E-state index contributed by atoms with van der Waals surface area (Å²) in [6, 6.07) is 16.6. The molecule has 0 spiro atoms. The van der Waals surface area contributed by atoms with E-state index in [0.29, 0.717) is 6.01 Å². The summed E-state index contributed by atoms with van der Waals surface area (Å²) in [6.07, 6.45) is 3.63. The van der Waals surface area contributed by atoms with Gasteiger partial charge in [0.15, 0.2) is 5.58 Å². The van der Waals surface area contributed by atoms with Crippen LogP contribution in [0.25, 0.3) is 22.1 Å². The van der Waals surface area contributed by atoms with E-state index >= 15 is 0 Å². The molecule has 158 valence electrons. The Hall–Kier alpha value is -3.35. The predicted octanol–water partition coefficient (Wildman–Crippen LogP) is 4.28. The van der Waals surface area contributed by atoms with E-state index in [9.17, 15) is 4.79 Å². The SMILES string of the molecule is O=C(C1CCN(c2nc3ccccc3o2)CC1)N1CCCC1c1nc2ccccc2[nH]1. The normalized spacial score (nSPS) is 20.2. The maximum Gasteiger partial charge on any atom is 0.298 e. The number of nitrogens with one attached hydrogen (secondary N) is 1.